The van der Waals surface area contributed by atoms with Crippen LogP contribution in [0.15, 0.2) is 40.2 Å². The molecule has 3 heterocycles. The molecule has 3 aromatic rings. The molecule has 0 N–H and O–H groups in total. The molecule has 1 fully saturated rings. The van der Waals surface area contributed by atoms with Crippen LogP contribution in [0.4, 0.5) is 0 Å². The van der Waals surface area contributed by atoms with Gasteiger partial charge in [0, 0.05) is 19.2 Å². The van der Waals surface area contributed by atoms with E-state index in [9.17, 15) is 14.4 Å². The zero-order chi connectivity index (χ0) is 19.1. The average molecular weight is 366 g/mol. The molecule has 0 spiro atoms. The second-order valence-corrected chi connectivity index (χ2v) is 6.47. The third-order valence-electron chi connectivity index (χ3n) is 4.55. The molecule has 0 aromatic carbocycles. The summed E-state index contributed by atoms with van der Waals surface area (Å²) < 4.78 is 8.02. The van der Waals surface area contributed by atoms with Crippen LogP contribution in [0, 0.1) is 5.92 Å². The topological polar surface area (TPSA) is 95.0 Å². The fourth-order valence-electron chi connectivity index (χ4n) is 2.98. The number of hydrogen-bond acceptors (Lipinski definition) is 5. The van der Waals surface area contributed by atoms with Crippen LogP contribution in [0.5, 0.6) is 0 Å². The highest BCUT2D eigenvalue weighted by Gasteiger charge is 2.30. The summed E-state index contributed by atoms with van der Waals surface area (Å²) in [5.74, 6) is -0.992. The largest absolute Gasteiger partial charge is 0.462 e. The van der Waals surface area contributed by atoms with Crippen molar-refractivity contribution in [2.75, 3.05) is 6.61 Å². The maximum absolute atomic E-state index is 12.9. The molecule has 8 heteroatoms. The quantitative estimate of drug-likeness (QED) is 0.513. The van der Waals surface area contributed by atoms with Gasteiger partial charge in [0.2, 0.25) is 0 Å². The third-order valence-corrected chi connectivity index (χ3v) is 4.55. The van der Waals surface area contributed by atoms with Crippen LogP contribution in [0.2, 0.25) is 0 Å². The van der Waals surface area contributed by atoms with E-state index in [0.717, 1.165) is 12.8 Å². The first-order valence-corrected chi connectivity index (χ1v) is 8.78. The summed E-state index contributed by atoms with van der Waals surface area (Å²) in [5, 5.41) is 0.252. The first-order chi connectivity index (χ1) is 13.0. The van der Waals surface area contributed by atoms with E-state index in [-0.39, 0.29) is 40.4 Å². The molecule has 0 atom stereocenters. The van der Waals surface area contributed by atoms with Crippen molar-refractivity contribution < 1.29 is 14.3 Å². The fraction of sp³-hybridized carbons (Fsp3) is 0.316. The number of amides is 1. The Labute approximate surface area is 153 Å². The lowest BCUT2D eigenvalue weighted by Crippen LogP contribution is -2.31. The Morgan fingerprint density at radius 1 is 1.33 bits per heavy atom. The van der Waals surface area contributed by atoms with Crippen molar-refractivity contribution >= 4 is 28.6 Å². The zero-order valence-corrected chi connectivity index (χ0v) is 15.0. The molecule has 1 aliphatic rings. The fourth-order valence-corrected chi connectivity index (χ4v) is 2.98. The van der Waals surface area contributed by atoms with E-state index >= 15 is 0 Å². The Balaban J connectivity index is 2.10. The van der Waals surface area contributed by atoms with Crippen LogP contribution < -0.4 is 11.0 Å². The molecule has 8 nitrogen and oxygen atoms in total. The van der Waals surface area contributed by atoms with Gasteiger partial charge >= 0.3 is 5.97 Å². The highest BCUT2D eigenvalue weighted by atomic mass is 16.5. The molecule has 0 saturated heterocycles. The van der Waals surface area contributed by atoms with Gasteiger partial charge in [0.05, 0.1) is 12.0 Å². The second-order valence-electron chi connectivity index (χ2n) is 6.47. The van der Waals surface area contributed by atoms with E-state index in [2.05, 4.69) is 9.98 Å². The van der Waals surface area contributed by atoms with E-state index in [4.69, 9.17) is 4.74 Å². The maximum atomic E-state index is 12.9. The first kappa shape index (κ1) is 17.1. The van der Waals surface area contributed by atoms with Gasteiger partial charge in [-0.25, -0.2) is 9.78 Å². The van der Waals surface area contributed by atoms with Crippen LogP contribution in [-0.4, -0.2) is 32.4 Å². The van der Waals surface area contributed by atoms with Crippen molar-refractivity contribution in [2.24, 2.45) is 18.0 Å². The van der Waals surface area contributed by atoms with E-state index in [1.165, 1.54) is 15.0 Å². The van der Waals surface area contributed by atoms with E-state index in [1.54, 1.807) is 38.4 Å². The van der Waals surface area contributed by atoms with Crippen molar-refractivity contribution in [1.29, 1.82) is 0 Å². The molecule has 3 aromatic heterocycles. The zero-order valence-electron chi connectivity index (χ0n) is 15.0. The SMILES string of the molecule is CCOC(=O)c1cc2c(=O)n3ccccc3nc2n(C)c1=NC(=O)C1CC1. The number of nitrogens with zero attached hydrogens (tertiary/aromatic N) is 4. The summed E-state index contributed by atoms with van der Waals surface area (Å²) >= 11 is 0. The number of ether oxygens (including phenoxy) is 1. The summed E-state index contributed by atoms with van der Waals surface area (Å²) in [4.78, 5) is 46.3. The summed E-state index contributed by atoms with van der Waals surface area (Å²) in [6.07, 6.45) is 3.22. The minimum atomic E-state index is -0.630. The van der Waals surface area contributed by atoms with Gasteiger partial charge < -0.3 is 9.30 Å². The van der Waals surface area contributed by atoms with Gasteiger partial charge in [-0.2, -0.15) is 4.99 Å². The molecule has 1 amide bonds. The van der Waals surface area contributed by atoms with Crippen molar-refractivity contribution in [3.63, 3.8) is 0 Å². The molecule has 4 rings (SSSR count). The van der Waals surface area contributed by atoms with Crippen molar-refractivity contribution in [3.8, 4) is 0 Å². The Morgan fingerprint density at radius 3 is 2.81 bits per heavy atom. The van der Waals surface area contributed by atoms with E-state index in [1.807, 2.05) is 0 Å². The number of aryl methyl sites for hydroxylation is 1. The smallest absolute Gasteiger partial charge is 0.341 e. The predicted octanol–water partition coefficient (Wildman–Crippen LogP) is 1.20. The lowest BCUT2D eigenvalue weighted by molar-refractivity contribution is -0.119. The summed E-state index contributed by atoms with van der Waals surface area (Å²) in [7, 11) is 1.63. The lowest BCUT2D eigenvalue weighted by atomic mass is 10.2. The molecule has 0 radical (unpaired) electrons. The maximum Gasteiger partial charge on any atom is 0.341 e. The summed E-state index contributed by atoms with van der Waals surface area (Å²) in [6.45, 7) is 1.86. The standard InChI is InChI=1S/C19H18N4O4/c1-3-27-19(26)13-10-12-15(20-14-6-4-5-9-23(14)18(12)25)22(2)16(13)21-17(24)11-7-8-11/h4-6,9-11H,3,7-8H2,1-2H3. The van der Waals surface area contributed by atoms with Gasteiger partial charge in [-0.3, -0.25) is 14.0 Å². The summed E-state index contributed by atoms with van der Waals surface area (Å²) in [5.41, 5.74) is 0.744. The Bertz CT molecular complexity index is 1220. The Kier molecular flexibility index (Phi) is 4.10. The van der Waals surface area contributed by atoms with Crippen LogP contribution in [0.25, 0.3) is 16.7 Å². The normalized spacial score (nSPS) is 14.7. The van der Waals surface area contributed by atoms with Gasteiger partial charge in [-0.1, -0.05) is 6.07 Å². The molecule has 0 bridgehead atoms. The Morgan fingerprint density at radius 2 is 2.11 bits per heavy atom. The van der Waals surface area contributed by atoms with E-state index < -0.39 is 5.97 Å². The van der Waals surface area contributed by atoms with Gasteiger partial charge in [0.15, 0.2) is 5.49 Å². The number of carbonyl (C=O) groups excluding carboxylic acids is 2. The number of pyridine rings is 2. The van der Waals surface area contributed by atoms with Gasteiger partial charge in [-0.05, 0) is 38.0 Å². The minimum absolute atomic E-state index is 0.0793. The van der Waals surface area contributed by atoms with Gasteiger partial charge in [0.25, 0.3) is 11.5 Å². The van der Waals surface area contributed by atoms with Crippen LogP contribution in [-0.2, 0) is 16.6 Å². The third kappa shape index (κ3) is 2.92. The molecule has 138 valence electrons. The number of fused-ring (bicyclic) bond motifs is 2. The number of esters is 1. The molecule has 1 aliphatic carbocycles. The average Bonchev–Trinajstić information content (AvgIpc) is 3.50. The highest BCUT2D eigenvalue weighted by molar-refractivity contribution is 5.94. The molecule has 27 heavy (non-hydrogen) atoms. The monoisotopic (exact) mass is 366 g/mol. The molecule has 0 unspecified atom stereocenters. The summed E-state index contributed by atoms with van der Waals surface area (Å²) in [6, 6.07) is 6.64. The Hall–Kier alpha value is -3.29. The van der Waals surface area contributed by atoms with Crippen LogP contribution in [0.1, 0.15) is 30.1 Å². The predicted molar refractivity (Wildman–Crippen MR) is 97.2 cm³/mol. The van der Waals surface area contributed by atoms with Gasteiger partial charge in [0.1, 0.15) is 16.9 Å². The first-order valence-electron chi connectivity index (χ1n) is 8.78. The second kappa shape index (κ2) is 6.46. The number of carbonyl (C=O) groups is 2. The van der Waals surface area contributed by atoms with Gasteiger partial charge in [-0.15, -0.1) is 0 Å². The molecule has 0 aliphatic heterocycles. The minimum Gasteiger partial charge on any atom is -0.462 e. The van der Waals surface area contributed by atoms with Crippen molar-refractivity contribution in [3.05, 3.63) is 51.9 Å². The lowest BCUT2D eigenvalue weighted by Gasteiger charge is -2.11. The number of aromatic nitrogens is 3. The molecular formula is C19H18N4O4. The number of rotatable bonds is 3. The number of hydrogen-bond donors (Lipinski definition) is 0. The van der Waals surface area contributed by atoms with Crippen LogP contribution in [0.3, 0.4) is 0 Å². The molecule has 1 saturated carbocycles. The highest BCUT2D eigenvalue weighted by Crippen LogP contribution is 2.29. The molecular weight excluding hydrogens is 348 g/mol. The van der Waals surface area contributed by atoms with Crippen molar-refractivity contribution in [1.82, 2.24) is 14.0 Å². The van der Waals surface area contributed by atoms with Crippen LogP contribution >= 0.6 is 0 Å². The van der Waals surface area contributed by atoms with E-state index in [0.29, 0.717) is 11.3 Å². The van der Waals surface area contributed by atoms with Crippen molar-refractivity contribution in [2.45, 2.75) is 19.8 Å².